The lowest BCUT2D eigenvalue weighted by atomic mass is 9.99. The quantitative estimate of drug-likeness (QED) is 0.0512. The second kappa shape index (κ2) is 15.2. The Morgan fingerprint density at radius 1 is 0.776 bits per heavy atom. The van der Waals surface area contributed by atoms with Gasteiger partial charge in [0.1, 0.15) is 5.56 Å². The lowest BCUT2D eigenvalue weighted by molar-refractivity contribution is -0.245. The minimum Gasteiger partial charge on any atom is -0.392 e. The number of aliphatic hydroxyl groups excluding tert-OH is 1. The van der Waals surface area contributed by atoms with Gasteiger partial charge >= 0.3 is 0 Å². The maximum atomic E-state index is 14.1. The van der Waals surface area contributed by atoms with E-state index >= 15 is 0 Å². The van der Waals surface area contributed by atoms with Crippen LogP contribution in [-0.4, -0.2) is 32.8 Å². The lowest BCUT2D eigenvalue weighted by Gasteiger charge is -2.36. The van der Waals surface area contributed by atoms with E-state index in [4.69, 9.17) is 9.47 Å². The Balaban J connectivity index is 1.20. The minimum absolute atomic E-state index is 0.0699. The topological polar surface area (TPSA) is 93.6 Å². The standard InChI is InChI=1S/C36H28F5N3O4S/c37-29-28(30(38)32(40)33(41)31(29)39)34(46)44-17-21-4-1-5-23(14-21)24-6-2-7-25(15-24)35-47-26(19-49-36-42-12-3-13-43-36)16-27(48-35)22-10-8-20(18-45)9-11-22/h1-15,26-27,35,45H,16-19H2,(H,44,46)/t26-,27+,35+/m0/s1. The van der Waals surface area contributed by atoms with Gasteiger partial charge in [0.05, 0.1) is 18.8 Å². The van der Waals surface area contributed by atoms with E-state index in [1.165, 1.54) is 11.8 Å². The Morgan fingerprint density at radius 3 is 2.12 bits per heavy atom. The monoisotopic (exact) mass is 693 g/mol. The molecular weight excluding hydrogens is 665 g/mol. The van der Waals surface area contributed by atoms with Crippen molar-refractivity contribution in [3.63, 3.8) is 0 Å². The molecule has 0 saturated carbocycles. The molecule has 7 nitrogen and oxygen atoms in total. The van der Waals surface area contributed by atoms with Gasteiger partial charge in [-0.3, -0.25) is 4.79 Å². The zero-order chi connectivity index (χ0) is 34.5. The zero-order valence-electron chi connectivity index (χ0n) is 25.6. The third-order valence-corrected chi connectivity index (χ3v) is 8.87. The molecule has 1 aliphatic rings. The molecule has 2 heterocycles. The number of rotatable bonds is 10. The molecule has 1 aliphatic heterocycles. The Hall–Kier alpha value is -4.69. The summed E-state index contributed by atoms with van der Waals surface area (Å²) in [6.45, 7) is -0.318. The molecule has 5 aromatic rings. The van der Waals surface area contributed by atoms with Crippen molar-refractivity contribution in [2.45, 2.75) is 43.2 Å². The van der Waals surface area contributed by atoms with Gasteiger partial charge in [0.25, 0.3) is 5.91 Å². The summed E-state index contributed by atoms with van der Waals surface area (Å²) in [5.74, 6) is -12.0. The first-order chi connectivity index (χ1) is 23.7. The molecule has 252 valence electrons. The first-order valence-electron chi connectivity index (χ1n) is 15.1. The van der Waals surface area contributed by atoms with Crippen molar-refractivity contribution in [1.29, 1.82) is 0 Å². The number of amides is 1. The number of nitrogens with one attached hydrogen (secondary N) is 1. The fraction of sp³-hybridized carbons (Fsp3) is 0.194. The molecule has 0 unspecified atom stereocenters. The summed E-state index contributed by atoms with van der Waals surface area (Å²) >= 11 is 1.48. The van der Waals surface area contributed by atoms with Crippen molar-refractivity contribution in [2.24, 2.45) is 0 Å². The lowest BCUT2D eigenvalue weighted by Crippen LogP contribution is -2.31. The van der Waals surface area contributed by atoms with Gasteiger partial charge in [-0.2, -0.15) is 0 Å². The van der Waals surface area contributed by atoms with E-state index in [1.54, 1.807) is 36.7 Å². The molecule has 49 heavy (non-hydrogen) atoms. The molecule has 0 spiro atoms. The number of aromatic nitrogens is 2. The predicted molar refractivity (Wildman–Crippen MR) is 170 cm³/mol. The SMILES string of the molecule is O=C(NCc1cccc(-c2cccc([C@@H]3O[C@H](CSc4ncccn4)C[C@H](c4ccc(CO)cc4)O3)c2)c1)c1c(F)c(F)c(F)c(F)c1F. The zero-order valence-corrected chi connectivity index (χ0v) is 26.4. The molecule has 6 rings (SSSR count). The van der Waals surface area contributed by atoms with Crippen LogP contribution in [0.3, 0.4) is 0 Å². The van der Waals surface area contributed by atoms with Gasteiger partial charge in [-0.25, -0.2) is 31.9 Å². The molecule has 1 amide bonds. The number of thioether (sulfide) groups is 1. The minimum atomic E-state index is -2.34. The first kappa shape index (κ1) is 34.2. The van der Waals surface area contributed by atoms with Crippen molar-refractivity contribution in [3.8, 4) is 11.1 Å². The summed E-state index contributed by atoms with van der Waals surface area (Å²) < 4.78 is 81.8. The molecule has 1 aromatic heterocycles. The van der Waals surface area contributed by atoms with Gasteiger partial charge in [-0.1, -0.05) is 72.4 Å². The van der Waals surface area contributed by atoms with Gasteiger partial charge in [0.2, 0.25) is 5.82 Å². The Morgan fingerprint density at radius 2 is 1.43 bits per heavy atom. The van der Waals surface area contributed by atoms with Gasteiger partial charge in [-0.15, -0.1) is 0 Å². The van der Waals surface area contributed by atoms with Crippen LogP contribution in [0.5, 0.6) is 0 Å². The maximum Gasteiger partial charge on any atom is 0.257 e. The van der Waals surface area contributed by atoms with E-state index in [9.17, 15) is 31.9 Å². The summed E-state index contributed by atoms with van der Waals surface area (Å²) in [5, 5.41) is 12.3. The fourth-order valence-corrected chi connectivity index (χ4v) is 6.17. The number of carbonyl (C=O) groups is 1. The highest BCUT2D eigenvalue weighted by atomic mass is 32.2. The molecule has 13 heteroatoms. The van der Waals surface area contributed by atoms with E-state index < -0.39 is 46.8 Å². The molecule has 1 saturated heterocycles. The first-order valence-corrected chi connectivity index (χ1v) is 16.1. The molecule has 1 fully saturated rings. The van der Waals surface area contributed by atoms with Crippen molar-refractivity contribution in [3.05, 3.63) is 148 Å². The summed E-state index contributed by atoms with van der Waals surface area (Å²) in [6, 6.07) is 23.7. The molecule has 0 aliphatic carbocycles. The normalized spacial score (nSPS) is 17.6. The van der Waals surface area contributed by atoms with Crippen LogP contribution < -0.4 is 5.32 Å². The van der Waals surface area contributed by atoms with E-state index in [0.717, 1.165) is 27.8 Å². The summed E-state index contributed by atoms with van der Waals surface area (Å²) in [5.41, 5.74) is 2.92. The van der Waals surface area contributed by atoms with Gasteiger partial charge < -0.3 is 19.9 Å². The Kier molecular flexibility index (Phi) is 10.6. The van der Waals surface area contributed by atoms with Gasteiger partial charge in [-0.05, 0) is 46.0 Å². The third-order valence-electron chi connectivity index (χ3n) is 7.86. The summed E-state index contributed by atoms with van der Waals surface area (Å²) in [4.78, 5) is 21.0. The van der Waals surface area contributed by atoms with Crippen molar-refractivity contribution < 1.29 is 41.3 Å². The highest BCUT2D eigenvalue weighted by Crippen LogP contribution is 2.40. The fourth-order valence-electron chi connectivity index (χ4n) is 5.35. The van der Waals surface area contributed by atoms with Crippen LogP contribution in [0.25, 0.3) is 11.1 Å². The molecular formula is C36H28F5N3O4S. The maximum absolute atomic E-state index is 14.1. The highest BCUT2D eigenvalue weighted by Gasteiger charge is 2.33. The van der Waals surface area contributed by atoms with E-state index in [1.807, 2.05) is 54.6 Å². The smallest absolute Gasteiger partial charge is 0.257 e. The van der Waals surface area contributed by atoms with Crippen molar-refractivity contribution >= 4 is 17.7 Å². The number of aliphatic hydroxyl groups is 1. The number of hydrogen-bond acceptors (Lipinski definition) is 7. The van der Waals surface area contributed by atoms with Crippen LogP contribution in [-0.2, 0) is 22.6 Å². The summed E-state index contributed by atoms with van der Waals surface area (Å²) in [7, 11) is 0. The van der Waals surface area contributed by atoms with E-state index in [2.05, 4.69) is 15.3 Å². The average Bonchev–Trinajstić information content (AvgIpc) is 3.15. The number of nitrogens with zero attached hydrogens (tertiary/aromatic N) is 2. The van der Waals surface area contributed by atoms with Crippen LogP contribution in [0.2, 0.25) is 0 Å². The number of carbonyl (C=O) groups excluding carboxylic acids is 1. The molecule has 0 radical (unpaired) electrons. The highest BCUT2D eigenvalue weighted by molar-refractivity contribution is 7.99. The van der Waals surface area contributed by atoms with Gasteiger partial charge in [0, 0.05) is 36.7 Å². The predicted octanol–water partition coefficient (Wildman–Crippen LogP) is 7.60. The summed E-state index contributed by atoms with van der Waals surface area (Å²) in [6.07, 6.45) is 2.67. The number of ether oxygens (including phenoxy) is 2. The van der Waals surface area contributed by atoms with Gasteiger partial charge in [0.15, 0.2) is 34.7 Å². The molecule has 0 bridgehead atoms. The average molecular weight is 694 g/mol. The molecule has 4 aromatic carbocycles. The van der Waals surface area contributed by atoms with Crippen LogP contribution in [0.15, 0.2) is 96.4 Å². The second-order valence-electron chi connectivity index (χ2n) is 11.1. The number of halogens is 5. The number of benzene rings is 4. The number of hydrogen-bond donors (Lipinski definition) is 2. The van der Waals surface area contributed by atoms with Crippen LogP contribution in [0, 0.1) is 29.1 Å². The van der Waals surface area contributed by atoms with Crippen LogP contribution in [0.1, 0.15) is 51.4 Å². The van der Waals surface area contributed by atoms with E-state index in [-0.39, 0.29) is 25.4 Å². The van der Waals surface area contributed by atoms with E-state index in [0.29, 0.717) is 22.9 Å². The largest absolute Gasteiger partial charge is 0.392 e. The van der Waals surface area contributed by atoms with Crippen molar-refractivity contribution in [2.75, 3.05) is 5.75 Å². The Labute approximate surface area is 282 Å². The second-order valence-corrected chi connectivity index (χ2v) is 12.1. The van der Waals surface area contributed by atoms with Crippen LogP contribution in [0.4, 0.5) is 22.0 Å². The third kappa shape index (κ3) is 7.81. The molecule has 2 N–H and O–H groups in total. The Bertz CT molecular complexity index is 1920. The molecule has 3 atom stereocenters. The van der Waals surface area contributed by atoms with Crippen LogP contribution >= 0.6 is 11.8 Å². The van der Waals surface area contributed by atoms with Crippen molar-refractivity contribution in [1.82, 2.24) is 15.3 Å².